The molecule has 112 valence electrons. The van der Waals surface area contributed by atoms with Crippen LogP contribution in [0.4, 0.5) is 0 Å². The highest BCUT2D eigenvalue weighted by molar-refractivity contribution is 5.77. The second-order valence-corrected chi connectivity index (χ2v) is 5.20. The number of carbonyl (C=O) groups excluding carboxylic acids is 1. The number of hydrogen-bond donors (Lipinski definition) is 1. The van der Waals surface area contributed by atoms with Gasteiger partial charge in [0.25, 0.3) is 5.91 Å². The van der Waals surface area contributed by atoms with Crippen molar-refractivity contribution in [3.05, 3.63) is 29.8 Å². The van der Waals surface area contributed by atoms with E-state index in [-0.39, 0.29) is 18.6 Å². The summed E-state index contributed by atoms with van der Waals surface area (Å²) < 4.78 is 10.7. The first-order valence-corrected chi connectivity index (χ1v) is 7.19. The minimum atomic E-state index is -0.165. The molecule has 1 amide bonds. The van der Waals surface area contributed by atoms with Gasteiger partial charge >= 0.3 is 0 Å². The minimum absolute atomic E-state index is 0.0771. The molecule has 0 saturated carbocycles. The third kappa shape index (κ3) is 4.47. The molecule has 1 N–H and O–H groups in total. The first kappa shape index (κ1) is 15.3. The number of nitrogens with zero attached hydrogens (tertiary/aromatic N) is 1. The molecule has 21 heavy (non-hydrogen) atoms. The third-order valence-electron chi connectivity index (χ3n) is 3.73. The number of benzene rings is 1. The van der Waals surface area contributed by atoms with Crippen molar-refractivity contribution in [2.75, 3.05) is 19.8 Å². The number of carbonyl (C=O) groups is 1. The van der Waals surface area contributed by atoms with Crippen molar-refractivity contribution in [2.24, 2.45) is 5.92 Å². The summed E-state index contributed by atoms with van der Waals surface area (Å²) in [6.07, 6.45) is 1.94. The van der Waals surface area contributed by atoms with Gasteiger partial charge in [-0.15, -0.1) is 0 Å². The lowest BCUT2D eigenvalue weighted by molar-refractivity contribution is -0.124. The number of nitriles is 1. The third-order valence-corrected chi connectivity index (χ3v) is 3.73. The van der Waals surface area contributed by atoms with Crippen LogP contribution in [0.5, 0.6) is 5.75 Å². The smallest absolute Gasteiger partial charge is 0.258 e. The standard InChI is InChI=1S/C16H20N2O3/c1-12(13-6-8-20-9-7-13)18-16(19)11-21-15-5-3-2-4-14(15)10-17/h2-5,12-13H,6-9,11H2,1H3,(H,18,19). The molecular weight excluding hydrogens is 268 g/mol. The summed E-state index contributed by atoms with van der Waals surface area (Å²) in [5.74, 6) is 0.727. The maximum absolute atomic E-state index is 11.9. The van der Waals surface area contributed by atoms with Crippen LogP contribution in [0, 0.1) is 17.2 Å². The minimum Gasteiger partial charge on any atom is -0.482 e. The molecule has 2 rings (SSSR count). The fraction of sp³-hybridized carbons (Fsp3) is 0.500. The van der Waals surface area contributed by atoms with Crippen molar-refractivity contribution in [1.29, 1.82) is 5.26 Å². The lowest BCUT2D eigenvalue weighted by Gasteiger charge is -2.28. The van der Waals surface area contributed by atoms with Crippen LogP contribution in [-0.2, 0) is 9.53 Å². The summed E-state index contributed by atoms with van der Waals surface area (Å²) in [6, 6.07) is 9.04. The molecule has 0 spiro atoms. The molecule has 1 aromatic carbocycles. The highest BCUT2D eigenvalue weighted by Crippen LogP contribution is 2.19. The van der Waals surface area contributed by atoms with Crippen molar-refractivity contribution < 1.29 is 14.3 Å². The van der Waals surface area contributed by atoms with Gasteiger partial charge in [-0.2, -0.15) is 5.26 Å². The first-order valence-electron chi connectivity index (χ1n) is 7.19. The Morgan fingerprint density at radius 2 is 2.19 bits per heavy atom. The summed E-state index contributed by atoms with van der Waals surface area (Å²) in [6.45, 7) is 3.46. The molecule has 1 saturated heterocycles. The molecule has 1 atom stereocenters. The molecule has 5 heteroatoms. The maximum atomic E-state index is 11.9. The summed E-state index contributed by atoms with van der Waals surface area (Å²) in [4.78, 5) is 11.9. The molecular formula is C16H20N2O3. The second kappa shape index (κ2) is 7.65. The summed E-state index contributed by atoms with van der Waals surface area (Å²) in [5, 5.41) is 11.9. The molecule has 5 nitrogen and oxygen atoms in total. The predicted octanol–water partition coefficient (Wildman–Crippen LogP) is 1.87. The average Bonchev–Trinajstić information content (AvgIpc) is 2.54. The van der Waals surface area contributed by atoms with Gasteiger partial charge in [-0.1, -0.05) is 12.1 Å². The number of amides is 1. The number of ether oxygens (including phenoxy) is 2. The van der Waals surface area contributed by atoms with Crippen molar-refractivity contribution in [1.82, 2.24) is 5.32 Å². The Kier molecular flexibility index (Phi) is 5.59. The summed E-state index contributed by atoms with van der Waals surface area (Å²) in [7, 11) is 0. The van der Waals surface area contributed by atoms with Crippen molar-refractivity contribution >= 4 is 5.91 Å². The van der Waals surface area contributed by atoms with Crippen molar-refractivity contribution in [3.8, 4) is 11.8 Å². The normalized spacial score (nSPS) is 16.8. The van der Waals surface area contributed by atoms with Gasteiger partial charge in [0.05, 0.1) is 5.56 Å². The Morgan fingerprint density at radius 3 is 2.90 bits per heavy atom. The highest BCUT2D eigenvalue weighted by atomic mass is 16.5. The Morgan fingerprint density at radius 1 is 1.48 bits per heavy atom. The van der Waals surface area contributed by atoms with Crippen LogP contribution in [0.3, 0.4) is 0 Å². The van der Waals surface area contributed by atoms with Gasteiger partial charge in [0.15, 0.2) is 6.61 Å². The van der Waals surface area contributed by atoms with Crippen LogP contribution in [0.25, 0.3) is 0 Å². The molecule has 1 aliphatic rings. The Hall–Kier alpha value is -2.06. The molecule has 1 aliphatic heterocycles. The number of nitrogens with one attached hydrogen (secondary N) is 1. The van der Waals surface area contributed by atoms with Crippen molar-refractivity contribution in [3.63, 3.8) is 0 Å². The molecule has 1 heterocycles. The topological polar surface area (TPSA) is 71.3 Å². The van der Waals surface area contributed by atoms with Crippen LogP contribution in [-0.4, -0.2) is 31.8 Å². The van der Waals surface area contributed by atoms with E-state index in [0.29, 0.717) is 17.2 Å². The van der Waals surface area contributed by atoms with Gasteiger partial charge in [0.1, 0.15) is 11.8 Å². The monoisotopic (exact) mass is 288 g/mol. The zero-order valence-electron chi connectivity index (χ0n) is 12.2. The van der Waals surface area contributed by atoms with E-state index in [2.05, 4.69) is 5.32 Å². The van der Waals surface area contributed by atoms with Gasteiger partial charge < -0.3 is 14.8 Å². The van der Waals surface area contributed by atoms with Crippen molar-refractivity contribution in [2.45, 2.75) is 25.8 Å². The van der Waals surface area contributed by atoms with E-state index >= 15 is 0 Å². The maximum Gasteiger partial charge on any atom is 0.258 e. The summed E-state index contributed by atoms with van der Waals surface area (Å²) in [5.41, 5.74) is 0.433. The molecule has 1 unspecified atom stereocenters. The van der Waals surface area contributed by atoms with Gasteiger partial charge in [-0.25, -0.2) is 0 Å². The SMILES string of the molecule is CC(NC(=O)COc1ccccc1C#N)C1CCOCC1. The zero-order chi connectivity index (χ0) is 15.1. The highest BCUT2D eigenvalue weighted by Gasteiger charge is 2.21. The van der Waals surface area contributed by atoms with E-state index in [1.165, 1.54) is 0 Å². The number of hydrogen-bond acceptors (Lipinski definition) is 4. The van der Waals surface area contributed by atoms with E-state index in [9.17, 15) is 4.79 Å². The lowest BCUT2D eigenvalue weighted by atomic mass is 9.93. The van der Waals surface area contributed by atoms with Crippen LogP contribution in [0.2, 0.25) is 0 Å². The summed E-state index contributed by atoms with van der Waals surface area (Å²) >= 11 is 0. The number of para-hydroxylation sites is 1. The van der Waals surface area contributed by atoms with E-state index in [1.807, 2.05) is 13.0 Å². The van der Waals surface area contributed by atoms with Gasteiger partial charge in [0.2, 0.25) is 0 Å². The molecule has 0 bridgehead atoms. The fourth-order valence-electron chi connectivity index (χ4n) is 2.46. The molecule has 1 fully saturated rings. The molecule has 0 radical (unpaired) electrons. The quantitative estimate of drug-likeness (QED) is 0.898. The zero-order valence-corrected chi connectivity index (χ0v) is 12.2. The lowest BCUT2D eigenvalue weighted by Crippen LogP contribution is -2.42. The van der Waals surface area contributed by atoms with Gasteiger partial charge in [0, 0.05) is 19.3 Å². The van der Waals surface area contributed by atoms with Gasteiger partial charge in [-0.3, -0.25) is 4.79 Å². The molecule has 1 aromatic rings. The first-order chi connectivity index (χ1) is 10.2. The van der Waals surface area contributed by atoms with E-state index in [4.69, 9.17) is 14.7 Å². The second-order valence-electron chi connectivity index (χ2n) is 5.20. The number of rotatable bonds is 5. The Balaban J connectivity index is 1.80. The van der Waals surface area contributed by atoms with Crippen LogP contribution in [0.1, 0.15) is 25.3 Å². The largest absolute Gasteiger partial charge is 0.482 e. The van der Waals surface area contributed by atoms with E-state index in [1.54, 1.807) is 24.3 Å². The average molecular weight is 288 g/mol. The fourth-order valence-corrected chi connectivity index (χ4v) is 2.46. The molecule has 0 aromatic heterocycles. The molecule has 0 aliphatic carbocycles. The van der Waals surface area contributed by atoms with Gasteiger partial charge in [-0.05, 0) is 37.8 Å². The Bertz CT molecular complexity index is 518. The predicted molar refractivity (Wildman–Crippen MR) is 77.8 cm³/mol. The van der Waals surface area contributed by atoms with E-state index < -0.39 is 0 Å². The van der Waals surface area contributed by atoms with Crippen LogP contribution < -0.4 is 10.1 Å². The van der Waals surface area contributed by atoms with E-state index in [0.717, 1.165) is 26.1 Å². The van der Waals surface area contributed by atoms with Crippen LogP contribution in [0.15, 0.2) is 24.3 Å². The van der Waals surface area contributed by atoms with Crippen LogP contribution >= 0.6 is 0 Å². The Labute approximate surface area is 124 Å².